The minimum atomic E-state index is -4.96. The zero-order chi connectivity index (χ0) is 30.2. The van der Waals surface area contributed by atoms with Crippen LogP contribution >= 0.6 is 11.6 Å². The molecule has 2 N–H and O–H groups in total. The Kier molecular flexibility index (Phi) is 7.59. The Hall–Kier alpha value is -4.57. The molecule has 1 aromatic carbocycles. The summed E-state index contributed by atoms with van der Waals surface area (Å²) in [7, 11) is 0. The molecule has 0 spiro atoms. The predicted molar refractivity (Wildman–Crippen MR) is 143 cm³/mol. The quantitative estimate of drug-likeness (QED) is 0.311. The van der Waals surface area contributed by atoms with Gasteiger partial charge in [-0.3, -0.25) is 9.36 Å². The predicted octanol–water partition coefficient (Wildman–Crippen LogP) is 2.81. The second-order valence-electron chi connectivity index (χ2n) is 9.69. The van der Waals surface area contributed by atoms with Gasteiger partial charge in [0.15, 0.2) is 23.6 Å². The molecule has 13 nitrogen and oxygen atoms in total. The van der Waals surface area contributed by atoms with Crippen molar-refractivity contribution in [1.82, 2.24) is 34.1 Å². The van der Waals surface area contributed by atoms with Crippen molar-refractivity contribution < 1.29 is 27.9 Å². The number of carbonyl (C=O) groups excluding carboxylic acids is 1. The van der Waals surface area contributed by atoms with E-state index in [0.29, 0.717) is 28.4 Å². The summed E-state index contributed by atoms with van der Waals surface area (Å²) in [6.07, 6.45) is -4.67. The van der Waals surface area contributed by atoms with Crippen LogP contribution in [0.15, 0.2) is 58.9 Å². The molecule has 1 amide bonds. The van der Waals surface area contributed by atoms with Crippen LogP contribution in [0.2, 0.25) is 5.02 Å². The number of benzene rings is 1. The van der Waals surface area contributed by atoms with Crippen LogP contribution in [0.1, 0.15) is 26.1 Å². The van der Waals surface area contributed by atoms with E-state index in [1.54, 1.807) is 26.0 Å². The van der Waals surface area contributed by atoms with Gasteiger partial charge in [0.2, 0.25) is 5.60 Å². The Bertz CT molecular complexity index is 1710. The molecule has 0 saturated carbocycles. The molecule has 2 atom stereocenters. The Morgan fingerprint density at radius 2 is 1.95 bits per heavy atom. The lowest BCUT2D eigenvalue weighted by Crippen LogP contribution is -2.40. The van der Waals surface area contributed by atoms with Crippen molar-refractivity contribution in [2.75, 3.05) is 5.32 Å². The number of hydrogen-bond donors (Lipinski definition) is 2. The third-order valence-electron chi connectivity index (χ3n) is 6.33. The fourth-order valence-electron chi connectivity index (χ4n) is 4.19. The van der Waals surface area contributed by atoms with E-state index >= 15 is 0 Å². The largest absolute Gasteiger partial charge is 0.416 e. The molecule has 0 radical (unpaired) electrons. The van der Waals surface area contributed by atoms with E-state index in [1.165, 1.54) is 41.5 Å². The molecule has 0 saturated heterocycles. The monoisotopic (exact) mass is 605 g/mol. The summed E-state index contributed by atoms with van der Waals surface area (Å²) < 4.78 is 42.3. The molecule has 17 heteroatoms. The van der Waals surface area contributed by atoms with Gasteiger partial charge < -0.3 is 15.3 Å². The van der Waals surface area contributed by atoms with Crippen molar-refractivity contribution in [3.05, 3.63) is 70.3 Å². The number of oxime groups is 1. The molecule has 4 heterocycles. The maximum absolute atomic E-state index is 13.1. The molecule has 0 bridgehead atoms. The van der Waals surface area contributed by atoms with E-state index in [4.69, 9.17) is 16.4 Å². The molecule has 1 aliphatic heterocycles. The standard InChI is InChI=1S/C25H23ClF3N9O4/c1-14-10-24(2,42-35-14)22(40)32-20-17(4-3-9-30-20)38-13-31-19(33-38)12-37-23(41)36(11-18(39)25(27,28)29)21(34-37)15-5-7-16(26)8-6-15/h3-9,13,18,39H,10-12H2,1-2H3,(H,30,32,40)/t18-,24?/m0/s1. The minimum absolute atomic E-state index is 0.0806. The average Bonchev–Trinajstić information content (AvgIpc) is 3.63. The molecule has 0 aliphatic carbocycles. The first-order valence-corrected chi connectivity index (χ1v) is 12.8. The lowest BCUT2D eigenvalue weighted by molar-refractivity contribution is -0.207. The average molecular weight is 606 g/mol. The number of carbonyl (C=O) groups is 1. The summed E-state index contributed by atoms with van der Waals surface area (Å²) in [5.74, 6) is -0.354. The van der Waals surface area contributed by atoms with Crippen molar-refractivity contribution in [3.8, 4) is 17.1 Å². The minimum Gasteiger partial charge on any atom is -0.382 e. The van der Waals surface area contributed by atoms with Gasteiger partial charge in [-0.15, -0.1) is 10.2 Å². The molecule has 42 heavy (non-hydrogen) atoms. The van der Waals surface area contributed by atoms with Gasteiger partial charge in [0.05, 0.1) is 12.3 Å². The number of rotatable bonds is 8. The van der Waals surface area contributed by atoms with E-state index in [0.717, 1.165) is 9.25 Å². The summed E-state index contributed by atoms with van der Waals surface area (Å²) in [4.78, 5) is 39.8. The Morgan fingerprint density at radius 1 is 1.21 bits per heavy atom. The molecule has 4 aromatic rings. The lowest BCUT2D eigenvalue weighted by Gasteiger charge is -2.20. The molecule has 220 valence electrons. The number of aliphatic hydroxyl groups is 1. The summed E-state index contributed by atoms with van der Waals surface area (Å²) in [6, 6.07) is 9.20. The Morgan fingerprint density at radius 3 is 2.62 bits per heavy atom. The van der Waals surface area contributed by atoms with E-state index in [-0.39, 0.29) is 24.0 Å². The Balaban J connectivity index is 1.42. The van der Waals surface area contributed by atoms with Crippen molar-refractivity contribution in [1.29, 1.82) is 0 Å². The summed E-state index contributed by atoms with van der Waals surface area (Å²) in [6.45, 7) is 1.95. The SMILES string of the molecule is CC1=NOC(C)(C(=O)Nc2ncccc2-n2cnc(Cn3nc(-c4ccc(Cl)cc4)n(C[C@H](O)C(F)(F)F)c3=O)n2)C1. The molecule has 1 unspecified atom stereocenters. The highest BCUT2D eigenvalue weighted by Crippen LogP contribution is 2.27. The lowest BCUT2D eigenvalue weighted by atomic mass is 9.99. The van der Waals surface area contributed by atoms with Gasteiger partial charge in [-0.05, 0) is 50.2 Å². The zero-order valence-corrected chi connectivity index (χ0v) is 22.8. The third-order valence-corrected chi connectivity index (χ3v) is 6.58. The number of hydrogen-bond acceptors (Lipinski definition) is 9. The number of pyridine rings is 1. The third kappa shape index (κ3) is 5.89. The number of aliphatic hydroxyl groups excluding tert-OH is 1. The number of anilines is 1. The van der Waals surface area contributed by atoms with Crippen LogP contribution in [0.3, 0.4) is 0 Å². The number of alkyl halides is 3. The highest BCUT2D eigenvalue weighted by molar-refractivity contribution is 6.30. The summed E-state index contributed by atoms with van der Waals surface area (Å²) >= 11 is 5.92. The summed E-state index contributed by atoms with van der Waals surface area (Å²) in [5.41, 5.74) is -0.819. The zero-order valence-electron chi connectivity index (χ0n) is 22.1. The fraction of sp³-hybridized carbons (Fsp3) is 0.320. The van der Waals surface area contributed by atoms with E-state index in [9.17, 15) is 27.9 Å². The summed E-state index contributed by atoms with van der Waals surface area (Å²) in [5, 5.41) is 25.1. The van der Waals surface area contributed by atoms with Crippen LogP contribution in [-0.2, 0) is 22.7 Å². The first-order valence-electron chi connectivity index (χ1n) is 12.4. The molecule has 1 aliphatic rings. The van der Waals surface area contributed by atoms with Crippen LogP contribution < -0.4 is 11.0 Å². The van der Waals surface area contributed by atoms with Gasteiger partial charge in [-0.1, -0.05) is 16.8 Å². The smallest absolute Gasteiger partial charge is 0.382 e. The number of aromatic nitrogens is 7. The number of halogens is 4. The molecular formula is C25H23ClF3N9O4. The highest BCUT2D eigenvalue weighted by Gasteiger charge is 2.41. The van der Waals surface area contributed by atoms with Crippen LogP contribution in [0.25, 0.3) is 17.1 Å². The molecule has 3 aromatic heterocycles. The van der Waals surface area contributed by atoms with Crippen molar-refractivity contribution in [3.63, 3.8) is 0 Å². The normalized spacial score (nSPS) is 17.5. The van der Waals surface area contributed by atoms with Crippen molar-refractivity contribution in [2.45, 2.75) is 51.2 Å². The maximum atomic E-state index is 13.1. The van der Waals surface area contributed by atoms with Gasteiger partial charge in [-0.25, -0.2) is 24.1 Å². The second-order valence-corrected chi connectivity index (χ2v) is 10.1. The van der Waals surface area contributed by atoms with Gasteiger partial charge in [0.1, 0.15) is 18.6 Å². The van der Waals surface area contributed by atoms with Gasteiger partial charge >= 0.3 is 11.9 Å². The first kappa shape index (κ1) is 28.9. The molecular weight excluding hydrogens is 583 g/mol. The number of amides is 1. The molecule has 0 fully saturated rings. The maximum Gasteiger partial charge on any atom is 0.416 e. The first-order chi connectivity index (χ1) is 19.8. The van der Waals surface area contributed by atoms with Crippen molar-refractivity contribution >= 4 is 29.0 Å². The Labute approximate surface area is 240 Å². The van der Waals surface area contributed by atoms with Gasteiger partial charge in [0.25, 0.3) is 5.91 Å². The van der Waals surface area contributed by atoms with Crippen LogP contribution in [0.5, 0.6) is 0 Å². The highest BCUT2D eigenvalue weighted by atomic mass is 35.5. The fourth-order valence-corrected chi connectivity index (χ4v) is 4.31. The van der Waals surface area contributed by atoms with E-state index in [1.807, 2.05) is 0 Å². The van der Waals surface area contributed by atoms with Gasteiger partial charge in [-0.2, -0.15) is 13.2 Å². The number of nitrogens with zero attached hydrogens (tertiary/aromatic N) is 8. The topological polar surface area (TPSA) is 154 Å². The van der Waals surface area contributed by atoms with Crippen molar-refractivity contribution in [2.24, 2.45) is 5.16 Å². The molecule has 5 rings (SSSR count). The van der Waals surface area contributed by atoms with E-state index in [2.05, 4.69) is 30.6 Å². The number of nitrogens with one attached hydrogen (secondary N) is 1. The van der Waals surface area contributed by atoms with Crippen LogP contribution in [0, 0.1) is 0 Å². The second kappa shape index (κ2) is 11.0. The van der Waals surface area contributed by atoms with Crippen LogP contribution in [0.4, 0.5) is 19.0 Å². The van der Waals surface area contributed by atoms with Crippen LogP contribution in [-0.4, -0.2) is 68.7 Å². The van der Waals surface area contributed by atoms with E-state index < -0.39 is 36.0 Å². The van der Waals surface area contributed by atoms with Gasteiger partial charge in [0, 0.05) is 23.2 Å².